The predicted molar refractivity (Wildman–Crippen MR) is 82.1 cm³/mol. The van der Waals surface area contributed by atoms with Crippen LogP contribution in [0.15, 0.2) is 30.3 Å². The second-order valence-electron chi connectivity index (χ2n) is 5.06. The second kappa shape index (κ2) is 8.05. The van der Waals surface area contributed by atoms with E-state index in [1.54, 1.807) is 30.3 Å². The zero-order valence-corrected chi connectivity index (χ0v) is 13.1. The first-order valence-electron chi connectivity index (χ1n) is 6.74. The normalized spacial score (nSPS) is 13.9. The Labute approximate surface area is 136 Å². The molecular weight excluding hydrogens is 331 g/mol. The molecule has 126 valence electrons. The molecular formula is C15H16F3NO3S. The lowest BCUT2D eigenvalue weighted by atomic mass is 10.00. The van der Waals surface area contributed by atoms with Gasteiger partial charge in [0.05, 0.1) is 5.92 Å². The number of carbonyl (C=O) groups is 2. The number of hydrogen-bond donors (Lipinski definition) is 2. The van der Waals surface area contributed by atoms with E-state index in [9.17, 15) is 22.8 Å². The van der Waals surface area contributed by atoms with Gasteiger partial charge in [-0.1, -0.05) is 42.5 Å². The van der Waals surface area contributed by atoms with E-state index in [1.807, 2.05) is 0 Å². The summed E-state index contributed by atoms with van der Waals surface area (Å²) in [7, 11) is 0. The van der Waals surface area contributed by atoms with Gasteiger partial charge in [0.1, 0.15) is 6.04 Å². The molecule has 2 N–H and O–H groups in total. The van der Waals surface area contributed by atoms with Crippen LogP contribution in [0.25, 0.3) is 0 Å². The number of nitrogens with one attached hydrogen (secondary N) is 1. The number of carbonyl (C=O) groups excluding carboxylic acids is 1. The van der Waals surface area contributed by atoms with Gasteiger partial charge in [0.15, 0.2) is 0 Å². The Kier molecular flexibility index (Phi) is 6.68. The molecule has 1 aromatic rings. The van der Waals surface area contributed by atoms with E-state index in [1.165, 1.54) is 0 Å². The van der Waals surface area contributed by atoms with Gasteiger partial charge in [-0.2, -0.15) is 13.2 Å². The molecule has 1 unspecified atom stereocenters. The highest BCUT2D eigenvalue weighted by Gasteiger charge is 2.42. The SMILES string of the molecule is CC(=S)C(CC(=O)N[C@@H](Cc1ccccc1)C(=O)O)C(F)(F)F. The van der Waals surface area contributed by atoms with Crippen molar-refractivity contribution in [1.82, 2.24) is 5.32 Å². The molecule has 0 bridgehead atoms. The standard InChI is InChI=1S/C15H16F3NO3S/c1-9(23)11(15(16,17)18)8-13(20)19-12(14(21)22)7-10-5-3-2-4-6-10/h2-6,11-12H,7-8H2,1H3,(H,19,20)(H,21,22)/t11?,12-/m0/s1. The first kappa shape index (κ1) is 19.1. The summed E-state index contributed by atoms with van der Waals surface area (Å²) in [5.41, 5.74) is 0.651. The first-order chi connectivity index (χ1) is 10.6. The van der Waals surface area contributed by atoms with Gasteiger partial charge < -0.3 is 10.4 Å². The highest BCUT2D eigenvalue weighted by atomic mass is 32.1. The molecule has 1 aromatic carbocycles. The van der Waals surface area contributed by atoms with Crippen LogP contribution in [-0.4, -0.2) is 34.1 Å². The van der Waals surface area contributed by atoms with Crippen LogP contribution in [0.2, 0.25) is 0 Å². The number of rotatable bonds is 7. The first-order valence-corrected chi connectivity index (χ1v) is 7.15. The van der Waals surface area contributed by atoms with Gasteiger partial charge in [0.2, 0.25) is 5.91 Å². The molecule has 1 amide bonds. The van der Waals surface area contributed by atoms with Gasteiger partial charge in [0, 0.05) is 17.7 Å². The molecule has 23 heavy (non-hydrogen) atoms. The fraction of sp³-hybridized carbons (Fsp3) is 0.400. The Bertz CT molecular complexity index is 575. The summed E-state index contributed by atoms with van der Waals surface area (Å²) < 4.78 is 38.4. The number of halogens is 3. The van der Waals surface area contributed by atoms with Crippen molar-refractivity contribution in [2.24, 2.45) is 5.92 Å². The van der Waals surface area contributed by atoms with Crippen LogP contribution in [-0.2, 0) is 16.0 Å². The molecule has 0 heterocycles. The minimum atomic E-state index is -4.64. The number of hydrogen-bond acceptors (Lipinski definition) is 3. The lowest BCUT2D eigenvalue weighted by molar-refractivity contribution is -0.161. The van der Waals surface area contributed by atoms with E-state index in [0.717, 1.165) is 6.92 Å². The third-order valence-corrected chi connectivity index (χ3v) is 3.48. The van der Waals surface area contributed by atoms with E-state index in [2.05, 4.69) is 17.5 Å². The molecule has 2 atom stereocenters. The van der Waals surface area contributed by atoms with Crippen LogP contribution in [0, 0.1) is 5.92 Å². The fourth-order valence-corrected chi connectivity index (χ4v) is 2.20. The molecule has 4 nitrogen and oxygen atoms in total. The summed E-state index contributed by atoms with van der Waals surface area (Å²) in [4.78, 5) is 22.6. The molecule has 0 radical (unpaired) electrons. The van der Waals surface area contributed by atoms with Crippen LogP contribution < -0.4 is 5.32 Å². The van der Waals surface area contributed by atoms with Crippen LogP contribution in [0.1, 0.15) is 18.9 Å². The minimum Gasteiger partial charge on any atom is -0.480 e. The van der Waals surface area contributed by atoms with E-state index < -0.39 is 36.4 Å². The molecule has 1 rings (SSSR count). The Morgan fingerprint density at radius 2 is 1.83 bits per heavy atom. The highest BCUT2D eigenvalue weighted by molar-refractivity contribution is 7.80. The summed E-state index contributed by atoms with van der Waals surface area (Å²) in [5.74, 6) is -4.38. The van der Waals surface area contributed by atoms with Gasteiger partial charge in [-0.25, -0.2) is 4.79 Å². The van der Waals surface area contributed by atoms with Crippen molar-refractivity contribution in [1.29, 1.82) is 0 Å². The zero-order valence-electron chi connectivity index (χ0n) is 12.3. The van der Waals surface area contributed by atoms with Gasteiger partial charge >= 0.3 is 12.1 Å². The highest BCUT2D eigenvalue weighted by Crippen LogP contribution is 2.30. The third kappa shape index (κ3) is 6.35. The average molecular weight is 347 g/mol. The van der Waals surface area contributed by atoms with Crippen LogP contribution in [0.3, 0.4) is 0 Å². The van der Waals surface area contributed by atoms with Crippen molar-refractivity contribution in [2.45, 2.75) is 32.0 Å². The smallest absolute Gasteiger partial charge is 0.396 e. The largest absolute Gasteiger partial charge is 0.480 e. The summed E-state index contributed by atoms with van der Waals surface area (Å²) in [6, 6.07) is 7.18. The maximum Gasteiger partial charge on any atom is 0.396 e. The number of benzene rings is 1. The number of alkyl halides is 3. The van der Waals surface area contributed by atoms with Crippen molar-refractivity contribution in [3.05, 3.63) is 35.9 Å². The Balaban J connectivity index is 2.75. The molecule has 0 saturated heterocycles. The zero-order chi connectivity index (χ0) is 17.6. The summed E-state index contributed by atoms with van der Waals surface area (Å²) in [5, 5.41) is 11.2. The monoisotopic (exact) mass is 347 g/mol. The number of carboxylic acids is 1. The Hall–Kier alpha value is -1.96. The Morgan fingerprint density at radius 1 is 1.26 bits per heavy atom. The number of aliphatic carboxylic acids is 1. The molecule has 0 saturated carbocycles. The molecule has 0 aromatic heterocycles. The van der Waals surface area contributed by atoms with Crippen molar-refractivity contribution >= 4 is 29.0 Å². The van der Waals surface area contributed by atoms with Gasteiger partial charge in [-0.05, 0) is 12.5 Å². The molecule has 0 spiro atoms. The van der Waals surface area contributed by atoms with E-state index in [0.29, 0.717) is 5.56 Å². The number of carboxylic acid groups (broad SMARTS) is 1. The van der Waals surface area contributed by atoms with Crippen LogP contribution in [0.4, 0.5) is 13.2 Å². The Morgan fingerprint density at radius 3 is 2.26 bits per heavy atom. The van der Waals surface area contributed by atoms with Gasteiger partial charge in [-0.3, -0.25) is 4.79 Å². The summed E-state index contributed by atoms with van der Waals surface area (Å²) >= 11 is 4.54. The molecule has 0 aliphatic carbocycles. The number of thiocarbonyl (C=S) groups is 1. The molecule has 0 aliphatic rings. The fourth-order valence-electron chi connectivity index (χ4n) is 1.98. The van der Waals surface area contributed by atoms with Gasteiger partial charge in [-0.15, -0.1) is 0 Å². The third-order valence-electron chi connectivity index (χ3n) is 3.19. The van der Waals surface area contributed by atoms with Gasteiger partial charge in [0.25, 0.3) is 0 Å². The van der Waals surface area contributed by atoms with Crippen LogP contribution >= 0.6 is 12.2 Å². The van der Waals surface area contributed by atoms with E-state index >= 15 is 0 Å². The lowest BCUT2D eigenvalue weighted by Gasteiger charge is -2.20. The van der Waals surface area contributed by atoms with E-state index in [4.69, 9.17) is 5.11 Å². The van der Waals surface area contributed by atoms with Crippen LogP contribution in [0.5, 0.6) is 0 Å². The summed E-state index contributed by atoms with van der Waals surface area (Å²) in [6.07, 6.45) is -5.58. The maximum atomic E-state index is 12.8. The average Bonchev–Trinajstić information content (AvgIpc) is 2.43. The maximum absolute atomic E-state index is 12.8. The quantitative estimate of drug-likeness (QED) is 0.745. The topological polar surface area (TPSA) is 66.4 Å². The molecule has 8 heteroatoms. The minimum absolute atomic E-state index is 0.0187. The second-order valence-corrected chi connectivity index (χ2v) is 5.70. The predicted octanol–water partition coefficient (Wildman–Crippen LogP) is 2.76. The van der Waals surface area contributed by atoms with Crippen molar-refractivity contribution in [2.75, 3.05) is 0 Å². The lowest BCUT2D eigenvalue weighted by Crippen LogP contribution is -2.44. The molecule has 0 fully saturated rings. The number of amides is 1. The van der Waals surface area contributed by atoms with Crippen molar-refractivity contribution in [3.63, 3.8) is 0 Å². The molecule has 0 aliphatic heterocycles. The van der Waals surface area contributed by atoms with Crippen molar-refractivity contribution in [3.8, 4) is 0 Å². The van der Waals surface area contributed by atoms with Crippen molar-refractivity contribution < 1.29 is 27.9 Å². The summed E-state index contributed by atoms with van der Waals surface area (Å²) in [6.45, 7) is 1.11. The van der Waals surface area contributed by atoms with E-state index in [-0.39, 0.29) is 11.3 Å².